The Morgan fingerprint density at radius 3 is 2.33 bits per heavy atom. The van der Waals surface area contributed by atoms with E-state index >= 15 is 0 Å². The zero-order chi connectivity index (χ0) is 28.8. The predicted molar refractivity (Wildman–Crippen MR) is 158 cm³/mol. The topological polar surface area (TPSA) is 91.8 Å². The van der Waals surface area contributed by atoms with Crippen molar-refractivity contribution in [1.82, 2.24) is 29.4 Å². The molecule has 0 saturated carbocycles. The van der Waals surface area contributed by atoms with Crippen molar-refractivity contribution in [3.05, 3.63) is 113 Å². The van der Waals surface area contributed by atoms with E-state index < -0.39 is 0 Å². The Morgan fingerprint density at radius 1 is 0.881 bits per heavy atom. The minimum atomic E-state index is -0.229. The summed E-state index contributed by atoms with van der Waals surface area (Å²) in [5, 5.41) is 9.59. The molecule has 4 heterocycles. The lowest BCUT2D eigenvalue weighted by Gasteiger charge is -2.26. The Kier molecular flexibility index (Phi) is 6.23. The number of hydrogen-bond donors (Lipinski definition) is 0. The van der Waals surface area contributed by atoms with Crippen molar-refractivity contribution in [3.8, 4) is 28.9 Å². The number of nitrogens with zero attached hydrogens (tertiary/aromatic N) is 7. The van der Waals surface area contributed by atoms with Crippen LogP contribution in [0.5, 0.6) is 23.3 Å². The zero-order valence-corrected chi connectivity index (χ0v) is 23.7. The maximum atomic E-state index is 6.52. The van der Waals surface area contributed by atoms with E-state index in [4.69, 9.17) is 29.3 Å². The molecule has 0 N–H and O–H groups in total. The van der Waals surface area contributed by atoms with Crippen LogP contribution >= 0.6 is 0 Å². The fourth-order valence-electron chi connectivity index (χ4n) is 5.35. The molecule has 210 valence electrons. The maximum absolute atomic E-state index is 6.52. The van der Waals surface area contributed by atoms with E-state index in [-0.39, 0.29) is 12.5 Å². The highest BCUT2D eigenvalue weighted by Crippen LogP contribution is 2.49. The van der Waals surface area contributed by atoms with Crippen LogP contribution in [-0.4, -0.2) is 50.6 Å². The second-order valence-electron chi connectivity index (χ2n) is 10.3. The highest BCUT2D eigenvalue weighted by atomic mass is 16.5. The van der Waals surface area contributed by atoms with Crippen LogP contribution in [0, 0.1) is 6.92 Å². The first kappa shape index (κ1) is 25.6. The van der Waals surface area contributed by atoms with Crippen LogP contribution < -0.4 is 19.1 Å². The standard InChI is InChI=1S/C32H29N7O3/c1-20-27-28(21-10-12-22(13-11-21)37(2)3)29-30-34-26(18-41-25-16-14-24(40-4)15-17-25)36-38(30)19-33-31(29)42-32(27)39(35-20)23-8-6-5-7-9-23/h5-17,19,28H,18H2,1-4H3/t28-/m1/s1. The summed E-state index contributed by atoms with van der Waals surface area (Å²) in [4.78, 5) is 11.7. The van der Waals surface area contributed by atoms with Crippen molar-refractivity contribution in [1.29, 1.82) is 0 Å². The lowest BCUT2D eigenvalue weighted by molar-refractivity contribution is 0.295. The Labute approximate surface area is 242 Å². The van der Waals surface area contributed by atoms with E-state index in [0.29, 0.717) is 29.0 Å². The molecule has 0 unspecified atom stereocenters. The van der Waals surface area contributed by atoms with E-state index in [0.717, 1.165) is 39.5 Å². The molecule has 0 spiro atoms. The molecule has 0 saturated heterocycles. The lowest BCUT2D eigenvalue weighted by Crippen LogP contribution is -2.16. The molecule has 3 aromatic heterocycles. The molecule has 42 heavy (non-hydrogen) atoms. The normalized spacial score (nSPS) is 13.8. The number of rotatable bonds is 7. The summed E-state index contributed by atoms with van der Waals surface area (Å²) in [5.74, 6) is 2.89. The molecule has 1 atom stereocenters. The van der Waals surface area contributed by atoms with E-state index in [2.05, 4.69) is 34.3 Å². The maximum Gasteiger partial charge on any atom is 0.230 e. The summed E-state index contributed by atoms with van der Waals surface area (Å²) < 4.78 is 21.3. The average Bonchev–Trinajstić information content (AvgIpc) is 3.60. The Morgan fingerprint density at radius 2 is 1.62 bits per heavy atom. The number of methoxy groups -OCH3 is 1. The van der Waals surface area contributed by atoms with Gasteiger partial charge in [0.05, 0.1) is 35.5 Å². The Hall–Kier alpha value is -5.38. The molecular weight excluding hydrogens is 530 g/mol. The van der Waals surface area contributed by atoms with Crippen LogP contribution in [0.2, 0.25) is 0 Å². The van der Waals surface area contributed by atoms with Gasteiger partial charge < -0.3 is 19.1 Å². The first-order chi connectivity index (χ1) is 20.5. The number of para-hydroxylation sites is 1. The molecule has 10 nitrogen and oxygen atoms in total. The van der Waals surface area contributed by atoms with Gasteiger partial charge in [0.15, 0.2) is 11.5 Å². The van der Waals surface area contributed by atoms with E-state index in [1.807, 2.05) is 80.3 Å². The van der Waals surface area contributed by atoms with Gasteiger partial charge in [-0.25, -0.2) is 19.2 Å². The van der Waals surface area contributed by atoms with Gasteiger partial charge in [-0.05, 0) is 61.0 Å². The van der Waals surface area contributed by atoms with Crippen molar-refractivity contribution in [3.63, 3.8) is 0 Å². The van der Waals surface area contributed by atoms with Gasteiger partial charge in [0.25, 0.3) is 0 Å². The van der Waals surface area contributed by atoms with Gasteiger partial charge >= 0.3 is 0 Å². The summed E-state index contributed by atoms with van der Waals surface area (Å²) in [6, 6.07) is 25.9. The quantitative estimate of drug-likeness (QED) is 0.251. The van der Waals surface area contributed by atoms with Crippen molar-refractivity contribution in [2.24, 2.45) is 0 Å². The summed E-state index contributed by atoms with van der Waals surface area (Å²) in [5.41, 5.74) is 6.43. The Bertz CT molecular complexity index is 1880. The number of fused-ring (bicyclic) bond motifs is 4. The second kappa shape index (κ2) is 10.2. The third-order valence-electron chi connectivity index (χ3n) is 7.44. The van der Waals surface area contributed by atoms with Gasteiger partial charge in [0, 0.05) is 19.8 Å². The van der Waals surface area contributed by atoms with Crippen LogP contribution in [-0.2, 0) is 6.61 Å². The van der Waals surface area contributed by atoms with Crippen LogP contribution in [0.15, 0.2) is 85.2 Å². The highest BCUT2D eigenvalue weighted by molar-refractivity contribution is 5.67. The van der Waals surface area contributed by atoms with Crippen LogP contribution in [0.3, 0.4) is 0 Å². The van der Waals surface area contributed by atoms with Crippen molar-refractivity contribution in [2.75, 3.05) is 26.1 Å². The first-order valence-electron chi connectivity index (χ1n) is 13.6. The average molecular weight is 560 g/mol. The molecule has 7 rings (SSSR count). The first-order valence-corrected chi connectivity index (χ1v) is 13.6. The van der Waals surface area contributed by atoms with Crippen molar-refractivity contribution in [2.45, 2.75) is 19.4 Å². The smallest absolute Gasteiger partial charge is 0.230 e. The number of benzene rings is 3. The largest absolute Gasteiger partial charge is 0.497 e. The minimum absolute atomic E-state index is 0.196. The molecule has 6 aromatic rings. The van der Waals surface area contributed by atoms with E-state index in [9.17, 15) is 0 Å². The monoisotopic (exact) mass is 559 g/mol. The molecule has 0 fully saturated rings. The fourth-order valence-corrected chi connectivity index (χ4v) is 5.35. The van der Waals surface area contributed by atoms with Crippen LogP contribution in [0.25, 0.3) is 11.3 Å². The number of ether oxygens (including phenoxy) is 3. The van der Waals surface area contributed by atoms with Crippen LogP contribution in [0.1, 0.15) is 34.1 Å². The second-order valence-corrected chi connectivity index (χ2v) is 10.3. The highest BCUT2D eigenvalue weighted by Gasteiger charge is 2.38. The summed E-state index contributed by atoms with van der Waals surface area (Å²) in [6.07, 6.45) is 1.63. The van der Waals surface area contributed by atoms with Crippen molar-refractivity contribution >= 4 is 11.3 Å². The molecule has 0 radical (unpaired) electrons. The molecular formula is C32H29N7O3. The third kappa shape index (κ3) is 4.37. The Balaban J connectivity index is 1.34. The zero-order valence-electron chi connectivity index (χ0n) is 23.7. The van der Waals surface area contributed by atoms with Gasteiger partial charge in [-0.2, -0.15) is 5.10 Å². The molecule has 10 heteroatoms. The van der Waals surface area contributed by atoms with Crippen molar-refractivity contribution < 1.29 is 14.2 Å². The van der Waals surface area contributed by atoms with E-state index in [1.165, 1.54) is 0 Å². The number of anilines is 1. The number of hydrogen-bond acceptors (Lipinski definition) is 8. The summed E-state index contributed by atoms with van der Waals surface area (Å²) in [6.45, 7) is 2.21. The molecule has 1 aliphatic heterocycles. The fraction of sp³-hybridized carbons (Fsp3) is 0.188. The lowest BCUT2D eigenvalue weighted by atomic mass is 9.84. The summed E-state index contributed by atoms with van der Waals surface area (Å²) >= 11 is 0. The van der Waals surface area contributed by atoms with Gasteiger partial charge in [-0.3, -0.25) is 0 Å². The molecule has 0 aliphatic carbocycles. The number of aromatic nitrogens is 6. The third-order valence-corrected chi connectivity index (χ3v) is 7.44. The van der Waals surface area contributed by atoms with E-state index in [1.54, 1.807) is 18.0 Å². The number of aryl methyl sites for hydroxylation is 1. The SMILES string of the molecule is COc1ccc(OCc2nc3c4c(ncn3n2)Oc2c(c(C)nn2-c2ccccc2)[C@H]4c2ccc(N(C)C)cc2)cc1. The molecule has 0 bridgehead atoms. The summed E-state index contributed by atoms with van der Waals surface area (Å²) in [7, 11) is 5.70. The van der Waals surface area contributed by atoms with Gasteiger partial charge in [-0.15, -0.1) is 5.10 Å². The van der Waals surface area contributed by atoms with Gasteiger partial charge in [-0.1, -0.05) is 30.3 Å². The van der Waals surface area contributed by atoms with Gasteiger partial charge in [0.1, 0.15) is 24.4 Å². The van der Waals surface area contributed by atoms with Crippen LogP contribution in [0.4, 0.5) is 5.69 Å². The predicted octanol–water partition coefficient (Wildman–Crippen LogP) is 5.56. The molecule has 1 aliphatic rings. The molecule has 3 aromatic carbocycles. The van der Waals surface area contributed by atoms with Gasteiger partial charge in [0.2, 0.25) is 11.8 Å². The molecule has 0 amide bonds. The minimum Gasteiger partial charge on any atom is -0.497 e.